The number of carbonyl (C=O) groups is 2. The van der Waals surface area contributed by atoms with Gasteiger partial charge in [0.05, 0.1) is 67.1 Å². The van der Waals surface area contributed by atoms with Crippen LogP contribution in [0.4, 0.5) is 4.79 Å². The summed E-state index contributed by atoms with van der Waals surface area (Å²) in [5.74, 6) is -0.951. The summed E-state index contributed by atoms with van der Waals surface area (Å²) < 4.78 is 66.6. The zero-order valence-electron chi connectivity index (χ0n) is 40.0. The number of hydrogen-bond donors (Lipinski definition) is 2. The normalized spacial score (nSPS) is 42.9. The summed E-state index contributed by atoms with van der Waals surface area (Å²) in [4.78, 5) is 27.6. The number of methoxy groups -OCH3 is 1. The van der Waals surface area contributed by atoms with Gasteiger partial charge in [0.1, 0.15) is 42.9 Å². The summed E-state index contributed by atoms with van der Waals surface area (Å²) in [6.45, 7) is 11.3. The smallest absolute Gasteiger partial charge is 0.407 e. The highest BCUT2D eigenvalue weighted by Gasteiger charge is 2.69. The van der Waals surface area contributed by atoms with E-state index in [0.717, 1.165) is 71.9 Å². The van der Waals surface area contributed by atoms with Crippen molar-refractivity contribution in [1.82, 2.24) is 5.32 Å². The van der Waals surface area contributed by atoms with Crippen LogP contribution in [0.3, 0.4) is 0 Å². The Balaban J connectivity index is 0.746. The van der Waals surface area contributed by atoms with Gasteiger partial charge in [0.15, 0.2) is 5.79 Å². The maximum atomic E-state index is 14.4. The first-order valence-corrected chi connectivity index (χ1v) is 26.0. The molecule has 1 spiro atoms. The zero-order valence-corrected chi connectivity index (χ0v) is 40.0. The fourth-order valence-electron chi connectivity index (χ4n) is 14.1. The quantitative estimate of drug-likeness (QED) is 0.273. The summed E-state index contributed by atoms with van der Waals surface area (Å²) in [6, 6.07) is 16.4. The van der Waals surface area contributed by atoms with Crippen LogP contribution in [0.25, 0.3) is 11.1 Å². The minimum Gasteiger partial charge on any atom is -0.449 e. The Morgan fingerprint density at radius 1 is 0.768 bits per heavy atom. The molecule has 2 N–H and O–H groups in total. The van der Waals surface area contributed by atoms with Gasteiger partial charge in [-0.05, 0) is 84.3 Å². The Labute approximate surface area is 405 Å². The van der Waals surface area contributed by atoms with Crippen LogP contribution in [0.1, 0.15) is 107 Å². The van der Waals surface area contributed by atoms with E-state index in [9.17, 15) is 14.7 Å². The van der Waals surface area contributed by atoms with Crippen LogP contribution >= 0.6 is 0 Å². The number of rotatable bonds is 7. The molecule has 69 heavy (non-hydrogen) atoms. The zero-order chi connectivity index (χ0) is 47.1. The molecular formula is C55H69NO13. The van der Waals surface area contributed by atoms with Crippen LogP contribution < -0.4 is 5.32 Å². The van der Waals surface area contributed by atoms with Gasteiger partial charge in [0, 0.05) is 64.0 Å². The van der Waals surface area contributed by atoms with Crippen molar-refractivity contribution in [2.45, 2.75) is 200 Å². The lowest BCUT2D eigenvalue weighted by atomic mass is 9.81. The van der Waals surface area contributed by atoms with Crippen molar-refractivity contribution in [2.24, 2.45) is 11.8 Å². The Kier molecular flexibility index (Phi) is 12.7. The number of benzene rings is 2. The molecule has 14 heteroatoms. The molecule has 372 valence electrons. The van der Waals surface area contributed by atoms with Gasteiger partial charge in [0.25, 0.3) is 0 Å². The highest BCUT2D eigenvalue weighted by atomic mass is 16.8. The number of aliphatic hydroxyl groups excluding tert-OH is 1. The molecule has 10 fully saturated rings. The molecule has 0 saturated carbocycles. The highest BCUT2D eigenvalue weighted by molar-refractivity contribution is 5.80. The third-order valence-corrected chi connectivity index (χ3v) is 17.5. The number of ketones is 1. The Morgan fingerprint density at radius 2 is 1.48 bits per heavy atom. The first-order chi connectivity index (χ1) is 33.5. The van der Waals surface area contributed by atoms with Crippen LogP contribution in [-0.2, 0) is 52.2 Å². The van der Waals surface area contributed by atoms with Crippen molar-refractivity contribution in [3.63, 3.8) is 0 Å². The molecule has 0 radical (unpaired) electrons. The predicted octanol–water partition coefficient (Wildman–Crippen LogP) is 7.02. The van der Waals surface area contributed by atoms with Gasteiger partial charge in [-0.15, -0.1) is 0 Å². The number of nitrogens with one attached hydrogen (secondary N) is 1. The SMILES string of the molecule is C=C1C[C@@H]2CC[C@@]34C[C@@H]5O[C@H]6[C@@H](O3)C3OC(CCC3O[C@H]6C5O4)CC(=O)C[C@@H]3[C@@H](OC)[C@@H](C[C@H](O)CNC(=O)OCC4c5ccccc5-c5ccccc54)O[C@H]3CC3O[C@@H](CCC1O2)C[C@@H](C)C3=C. The third kappa shape index (κ3) is 8.76. The maximum absolute atomic E-state index is 14.4. The second-order valence-electron chi connectivity index (χ2n) is 21.9. The monoisotopic (exact) mass is 951 g/mol. The van der Waals surface area contributed by atoms with Gasteiger partial charge in [-0.3, -0.25) is 4.79 Å². The van der Waals surface area contributed by atoms with Crippen molar-refractivity contribution < 1.29 is 62.1 Å². The number of aliphatic hydroxyl groups is 1. The van der Waals surface area contributed by atoms with Gasteiger partial charge in [0.2, 0.25) is 0 Å². The van der Waals surface area contributed by atoms with E-state index in [2.05, 4.69) is 49.7 Å². The van der Waals surface area contributed by atoms with E-state index in [1.807, 2.05) is 24.3 Å². The molecule has 13 rings (SSSR count). The minimum absolute atomic E-state index is 0.0134. The number of alkyl carbamates (subject to hydrolysis) is 1. The van der Waals surface area contributed by atoms with Crippen LogP contribution in [0.5, 0.6) is 0 Å². The molecule has 2 aromatic carbocycles. The molecule has 1 aliphatic carbocycles. The number of amides is 1. The first kappa shape index (κ1) is 46.5. The topological polar surface area (TPSA) is 159 Å². The number of hydrogen-bond acceptors (Lipinski definition) is 13. The lowest BCUT2D eigenvalue weighted by molar-refractivity contribution is -0.292. The summed E-state index contributed by atoms with van der Waals surface area (Å²) >= 11 is 0. The molecular weight excluding hydrogens is 883 g/mol. The molecule has 10 saturated heterocycles. The lowest BCUT2D eigenvalue weighted by Crippen LogP contribution is -2.61. The molecule has 19 atom stereocenters. The van der Waals surface area contributed by atoms with E-state index in [0.29, 0.717) is 25.7 Å². The number of Topliss-reactive ketones (excluding diaryl/α,β-unsaturated/α-hetero) is 1. The van der Waals surface area contributed by atoms with E-state index < -0.39 is 42.4 Å². The van der Waals surface area contributed by atoms with Crippen LogP contribution in [0, 0.1) is 11.8 Å². The van der Waals surface area contributed by atoms with Crippen molar-refractivity contribution in [1.29, 1.82) is 0 Å². The number of ether oxygens (including phenoxy) is 10. The fourth-order valence-corrected chi connectivity index (χ4v) is 14.1. The first-order valence-electron chi connectivity index (χ1n) is 26.0. The third-order valence-electron chi connectivity index (χ3n) is 17.5. The highest BCUT2D eigenvalue weighted by Crippen LogP contribution is 2.55. The summed E-state index contributed by atoms with van der Waals surface area (Å²) in [7, 11) is 1.64. The Bertz CT molecular complexity index is 2240. The van der Waals surface area contributed by atoms with E-state index in [-0.39, 0.29) is 123 Å². The minimum atomic E-state index is -0.974. The number of carbonyl (C=O) groups excluding carboxylic acids is 2. The second kappa shape index (κ2) is 18.8. The molecule has 2 aromatic rings. The number of fused-ring (bicyclic) bond motifs is 9. The lowest BCUT2D eigenvalue weighted by Gasteiger charge is -2.47. The Hall–Kier alpha value is -3.54. The second-order valence-corrected chi connectivity index (χ2v) is 21.9. The van der Waals surface area contributed by atoms with E-state index >= 15 is 0 Å². The van der Waals surface area contributed by atoms with Gasteiger partial charge in [-0.1, -0.05) is 68.6 Å². The van der Waals surface area contributed by atoms with E-state index in [1.54, 1.807) is 7.11 Å². The molecule has 12 bridgehead atoms. The van der Waals surface area contributed by atoms with Gasteiger partial charge in [-0.25, -0.2) is 4.79 Å². The fraction of sp³-hybridized carbons (Fsp3) is 0.673. The maximum Gasteiger partial charge on any atom is 0.407 e. The molecule has 1 amide bonds. The van der Waals surface area contributed by atoms with Crippen LogP contribution in [0.2, 0.25) is 0 Å². The summed E-state index contributed by atoms with van der Waals surface area (Å²) in [5.41, 5.74) is 6.69. The standard InChI is InChI=1S/C55H69NO13/c1-28-19-33-13-15-42-29(2)20-35(62-42)17-18-55-25-47-50(68-55)51-52(67-47)53(69-55)49-43(66-51)16-14-34(64-49)21-31(57)22-40-45(24-44(63-33)30(28)3)65-46(48(40)60-4)23-32(58)26-56-54(59)61-27-41-38-11-7-5-9-36(38)37-10-6-8-12-39(37)41/h5-12,28,32-35,40-53,58H,2-3,13-27H2,1,4H3,(H,56,59)/t28-,32+,33+,34?,35+,40+,42?,43?,44?,45+,46-,47+,48-,49?,50?,51+,52-,53+,55+/m1/s1. The molecule has 14 nitrogen and oxygen atoms in total. The van der Waals surface area contributed by atoms with Gasteiger partial charge < -0.3 is 57.8 Å². The molecule has 10 aliphatic heterocycles. The largest absolute Gasteiger partial charge is 0.449 e. The van der Waals surface area contributed by atoms with Crippen LogP contribution in [-0.4, -0.2) is 141 Å². The molecule has 6 unspecified atom stereocenters. The molecule has 10 heterocycles. The predicted molar refractivity (Wildman–Crippen MR) is 250 cm³/mol. The van der Waals surface area contributed by atoms with Gasteiger partial charge >= 0.3 is 6.09 Å². The van der Waals surface area contributed by atoms with Gasteiger partial charge in [-0.2, -0.15) is 0 Å². The average Bonchev–Trinajstić information content (AvgIpc) is 4.10. The van der Waals surface area contributed by atoms with Crippen LogP contribution in [0.15, 0.2) is 72.8 Å². The van der Waals surface area contributed by atoms with Crippen molar-refractivity contribution in [3.8, 4) is 11.1 Å². The average molecular weight is 952 g/mol. The van der Waals surface area contributed by atoms with Crippen molar-refractivity contribution in [2.75, 3.05) is 20.3 Å². The van der Waals surface area contributed by atoms with E-state index in [1.165, 1.54) is 0 Å². The van der Waals surface area contributed by atoms with Crippen molar-refractivity contribution >= 4 is 11.9 Å². The summed E-state index contributed by atoms with van der Waals surface area (Å²) in [6.07, 6.45) is 2.42. The molecule has 11 aliphatic rings. The van der Waals surface area contributed by atoms with E-state index in [4.69, 9.17) is 47.4 Å². The summed E-state index contributed by atoms with van der Waals surface area (Å²) in [5, 5.41) is 14.3. The Morgan fingerprint density at radius 3 is 2.28 bits per heavy atom. The molecule has 0 aromatic heterocycles. The van der Waals surface area contributed by atoms with Crippen molar-refractivity contribution in [3.05, 3.63) is 84.0 Å².